The highest BCUT2D eigenvalue weighted by Crippen LogP contribution is 2.28. The van der Waals surface area contributed by atoms with Crippen LogP contribution in [0.4, 0.5) is 0 Å². The van der Waals surface area contributed by atoms with Crippen LogP contribution in [0.5, 0.6) is 5.75 Å². The first kappa shape index (κ1) is 15.9. The minimum absolute atomic E-state index is 0.160. The van der Waals surface area contributed by atoms with E-state index >= 15 is 0 Å². The van der Waals surface area contributed by atoms with Crippen LogP contribution in [0.3, 0.4) is 0 Å². The summed E-state index contributed by atoms with van der Waals surface area (Å²) < 4.78 is 10.5. The van der Waals surface area contributed by atoms with Crippen molar-refractivity contribution >= 4 is 22.8 Å². The van der Waals surface area contributed by atoms with Crippen molar-refractivity contribution in [3.8, 4) is 5.75 Å². The van der Waals surface area contributed by atoms with Crippen molar-refractivity contribution in [2.24, 2.45) is 5.92 Å². The molecule has 2 N–H and O–H groups in total. The van der Waals surface area contributed by atoms with Crippen LogP contribution in [0.2, 0.25) is 0 Å². The molecular formula is C16H19NO5. The Labute approximate surface area is 128 Å². The Morgan fingerprint density at radius 2 is 2.09 bits per heavy atom. The van der Waals surface area contributed by atoms with Gasteiger partial charge in [0.1, 0.15) is 6.04 Å². The molecule has 0 bridgehead atoms. The Balaban J connectivity index is 2.26. The number of hydrogen-bond acceptors (Lipinski definition) is 4. The first-order chi connectivity index (χ1) is 10.4. The van der Waals surface area contributed by atoms with Crippen molar-refractivity contribution in [2.45, 2.75) is 26.3 Å². The highest BCUT2D eigenvalue weighted by Gasteiger charge is 2.22. The Kier molecular flexibility index (Phi) is 4.70. The molecule has 1 aromatic heterocycles. The highest BCUT2D eigenvalue weighted by atomic mass is 16.5. The van der Waals surface area contributed by atoms with E-state index in [1.165, 1.54) is 19.4 Å². The van der Waals surface area contributed by atoms with Crippen LogP contribution in [-0.2, 0) is 4.79 Å². The number of amides is 1. The summed E-state index contributed by atoms with van der Waals surface area (Å²) in [6, 6.07) is 3.98. The molecule has 22 heavy (non-hydrogen) atoms. The number of methoxy groups -OCH3 is 1. The number of hydrogen-bond donors (Lipinski definition) is 2. The molecule has 0 radical (unpaired) electrons. The maximum atomic E-state index is 12.3. The van der Waals surface area contributed by atoms with Gasteiger partial charge in [-0.05, 0) is 30.5 Å². The fraction of sp³-hybridized carbons (Fsp3) is 0.375. The summed E-state index contributed by atoms with van der Waals surface area (Å²) >= 11 is 0. The molecule has 0 spiro atoms. The van der Waals surface area contributed by atoms with E-state index in [0.29, 0.717) is 23.3 Å². The van der Waals surface area contributed by atoms with Gasteiger partial charge in [0.25, 0.3) is 5.91 Å². The topological polar surface area (TPSA) is 88.8 Å². The summed E-state index contributed by atoms with van der Waals surface area (Å²) in [5.41, 5.74) is 0.886. The number of carbonyl (C=O) groups excluding carboxylic acids is 1. The quantitative estimate of drug-likeness (QED) is 0.856. The molecule has 0 unspecified atom stereocenters. The van der Waals surface area contributed by atoms with Gasteiger partial charge in [-0.2, -0.15) is 0 Å². The molecule has 0 aliphatic rings. The zero-order valence-corrected chi connectivity index (χ0v) is 12.8. The Morgan fingerprint density at radius 1 is 1.36 bits per heavy atom. The normalized spacial score (nSPS) is 12.4. The number of furan rings is 1. The van der Waals surface area contributed by atoms with Gasteiger partial charge in [0.05, 0.1) is 13.4 Å². The van der Waals surface area contributed by atoms with E-state index in [9.17, 15) is 14.7 Å². The number of ether oxygens (including phenoxy) is 1. The van der Waals surface area contributed by atoms with Gasteiger partial charge in [-0.3, -0.25) is 4.79 Å². The summed E-state index contributed by atoms with van der Waals surface area (Å²) in [5, 5.41) is 12.5. The second-order valence-corrected chi connectivity index (χ2v) is 5.51. The largest absolute Gasteiger partial charge is 0.493 e. The number of nitrogens with one attached hydrogen (secondary N) is 1. The van der Waals surface area contributed by atoms with Crippen LogP contribution < -0.4 is 10.1 Å². The second-order valence-electron chi connectivity index (χ2n) is 5.51. The van der Waals surface area contributed by atoms with Gasteiger partial charge < -0.3 is 19.6 Å². The third kappa shape index (κ3) is 3.39. The maximum Gasteiger partial charge on any atom is 0.326 e. The van der Waals surface area contributed by atoms with Gasteiger partial charge >= 0.3 is 5.97 Å². The predicted octanol–water partition coefficient (Wildman–Crippen LogP) is 2.67. The van der Waals surface area contributed by atoms with Gasteiger partial charge in [-0.15, -0.1) is 0 Å². The molecule has 6 nitrogen and oxygen atoms in total. The number of benzene rings is 1. The molecule has 6 heteroatoms. The summed E-state index contributed by atoms with van der Waals surface area (Å²) in [4.78, 5) is 23.6. The van der Waals surface area contributed by atoms with Crippen LogP contribution >= 0.6 is 0 Å². The summed E-state index contributed by atoms with van der Waals surface area (Å²) in [7, 11) is 1.48. The highest BCUT2D eigenvalue weighted by molar-refractivity contribution is 6.01. The third-order valence-electron chi connectivity index (χ3n) is 3.31. The Morgan fingerprint density at radius 3 is 2.68 bits per heavy atom. The number of carboxylic acids is 1. The monoisotopic (exact) mass is 305 g/mol. The van der Waals surface area contributed by atoms with Crippen molar-refractivity contribution < 1.29 is 23.8 Å². The second kappa shape index (κ2) is 6.51. The van der Waals surface area contributed by atoms with Gasteiger partial charge in [-0.1, -0.05) is 13.8 Å². The van der Waals surface area contributed by atoms with Crippen LogP contribution in [0.25, 0.3) is 11.0 Å². The van der Waals surface area contributed by atoms with Crippen molar-refractivity contribution in [3.05, 3.63) is 30.0 Å². The molecule has 1 heterocycles. The van der Waals surface area contributed by atoms with Crippen molar-refractivity contribution in [3.63, 3.8) is 0 Å². The lowest BCUT2D eigenvalue weighted by Gasteiger charge is -2.16. The molecule has 1 atom stereocenters. The lowest BCUT2D eigenvalue weighted by atomic mass is 10.0. The lowest BCUT2D eigenvalue weighted by molar-refractivity contribution is -0.139. The van der Waals surface area contributed by atoms with Crippen LogP contribution in [0.1, 0.15) is 30.6 Å². The number of fused-ring (bicyclic) bond motifs is 1. The zero-order chi connectivity index (χ0) is 16.3. The predicted molar refractivity (Wildman–Crippen MR) is 81.1 cm³/mol. The first-order valence-corrected chi connectivity index (χ1v) is 7.01. The molecule has 0 saturated carbocycles. The number of aliphatic carboxylic acids is 1. The fourth-order valence-electron chi connectivity index (χ4n) is 2.27. The Bertz CT molecular complexity index is 689. The number of carbonyl (C=O) groups is 2. The van der Waals surface area contributed by atoms with Gasteiger partial charge in [0, 0.05) is 10.9 Å². The molecule has 0 aliphatic heterocycles. The van der Waals surface area contributed by atoms with E-state index in [2.05, 4.69) is 5.32 Å². The Hall–Kier alpha value is -2.50. The average molecular weight is 305 g/mol. The summed E-state index contributed by atoms with van der Waals surface area (Å²) in [6.45, 7) is 3.81. The molecule has 2 aromatic rings. The first-order valence-electron chi connectivity index (χ1n) is 7.01. The minimum Gasteiger partial charge on any atom is -0.493 e. The number of carboxylic acid groups (broad SMARTS) is 1. The summed E-state index contributed by atoms with van der Waals surface area (Å²) in [6.07, 6.45) is 1.87. The maximum absolute atomic E-state index is 12.3. The standard InChI is InChI=1S/C16H19NO5/c1-9(2)6-12(16(19)20)17-15(18)11-7-10-4-5-22-14(10)13(8-11)21-3/h4-5,7-9,12H,6H2,1-3H3,(H,17,18)(H,19,20)/t12-/m1/s1. The van der Waals surface area contributed by atoms with Crippen LogP contribution in [0.15, 0.2) is 28.9 Å². The average Bonchev–Trinajstić information content (AvgIpc) is 2.93. The lowest BCUT2D eigenvalue weighted by Crippen LogP contribution is -2.41. The molecule has 0 aliphatic carbocycles. The summed E-state index contributed by atoms with van der Waals surface area (Å²) in [5.74, 6) is -0.900. The van der Waals surface area contributed by atoms with Crippen molar-refractivity contribution in [1.29, 1.82) is 0 Å². The van der Waals surface area contributed by atoms with E-state index in [1.54, 1.807) is 12.1 Å². The van der Waals surface area contributed by atoms with Crippen LogP contribution in [-0.4, -0.2) is 30.1 Å². The van der Waals surface area contributed by atoms with Gasteiger partial charge in [0.15, 0.2) is 11.3 Å². The minimum atomic E-state index is -1.04. The molecular weight excluding hydrogens is 286 g/mol. The van der Waals surface area contributed by atoms with E-state index in [-0.39, 0.29) is 5.92 Å². The van der Waals surface area contributed by atoms with Gasteiger partial charge in [0.2, 0.25) is 0 Å². The van der Waals surface area contributed by atoms with E-state index < -0.39 is 17.9 Å². The van der Waals surface area contributed by atoms with Crippen molar-refractivity contribution in [1.82, 2.24) is 5.32 Å². The van der Waals surface area contributed by atoms with E-state index in [1.807, 2.05) is 13.8 Å². The zero-order valence-electron chi connectivity index (χ0n) is 12.8. The van der Waals surface area contributed by atoms with E-state index in [4.69, 9.17) is 9.15 Å². The third-order valence-corrected chi connectivity index (χ3v) is 3.31. The van der Waals surface area contributed by atoms with Gasteiger partial charge in [-0.25, -0.2) is 4.79 Å². The molecule has 1 amide bonds. The molecule has 0 saturated heterocycles. The fourth-order valence-corrected chi connectivity index (χ4v) is 2.27. The van der Waals surface area contributed by atoms with E-state index in [0.717, 1.165) is 5.39 Å². The molecule has 118 valence electrons. The number of rotatable bonds is 6. The molecule has 1 aromatic carbocycles. The molecule has 2 rings (SSSR count). The smallest absolute Gasteiger partial charge is 0.326 e. The molecule has 0 fully saturated rings. The SMILES string of the molecule is COc1cc(C(=O)N[C@H](CC(C)C)C(=O)O)cc2ccoc12. The van der Waals surface area contributed by atoms with Crippen molar-refractivity contribution in [2.75, 3.05) is 7.11 Å². The van der Waals surface area contributed by atoms with Crippen LogP contribution in [0, 0.1) is 5.92 Å².